The molecule has 0 aliphatic carbocycles. The number of carbonyl (C=O) groups excluding carboxylic acids is 1. The lowest BCUT2D eigenvalue weighted by atomic mass is 9.94. The van der Waals surface area contributed by atoms with E-state index in [1.165, 1.54) is 0 Å². The fourth-order valence-corrected chi connectivity index (χ4v) is 2.71. The molecule has 2 rings (SSSR count). The summed E-state index contributed by atoms with van der Waals surface area (Å²) in [4.78, 5) is 12.2. The quantitative estimate of drug-likeness (QED) is 0.618. The molecule has 1 N–H and O–H groups in total. The maximum absolute atomic E-state index is 12.2. The molecule has 1 unspecified atom stereocenters. The number of allylic oxidation sites excluding steroid dienone is 1. The summed E-state index contributed by atoms with van der Waals surface area (Å²) in [6.45, 7) is 8.95. The van der Waals surface area contributed by atoms with Gasteiger partial charge < -0.3 is 10.1 Å². The van der Waals surface area contributed by atoms with Gasteiger partial charge in [-0.15, -0.1) is 6.58 Å². The molecule has 0 saturated heterocycles. The molecular weight excluding hydrogens is 310 g/mol. The van der Waals surface area contributed by atoms with Crippen LogP contribution in [0.25, 0.3) is 0 Å². The number of rotatable bonds is 9. The molecule has 25 heavy (non-hydrogen) atoms. The van der Waals surface area contributed by atoms with Gasteiger partial charge in [0.2, 0.25) is 0 Å². The predicted molar refractivity (Wildman–Crippen MR) is 103 cm³/mol. The Labute approximate surface area is 150 Å². The Bertz CT molecular complexity index is 662. The van der Waals surface area contributed by atoms with Crippen LogP contribution in [-0.2, 0) is 0 Å². The van der Waals surface area contributed by atoms with Gasteiger partial charge in [0.15, 0.2) is 0 Å². The number of benzene rings is 2. The molecular formula is C22H27NO2. The molecule has 2 aromatic rings. The van der Waals surface area contributed by atoms with Gasteiger partial charge in [-0.25, -0.2) is 0 Å². The highest BCUT2D eigenvalue weighted by Gasteiger charge is 2.09. The van der Waals surface area contributed by atoms with E-state index in [1.807, 2.05) is 48.5 Å². The van der Waals surface area contributed by atoms with Gasteiger partial charge in [0.05, 0.1) is 0 Å². The molecule has 132 valence electrons. The van der Waals surface area contributed by atoms with Crippen molar-refractivity contribution in [1.29, 1.82) is 0 Å². The molecule has 0 aromatic heterocycles. The minimum Gasteiger partial charge on any atom is -0.457 e. The zero-order valence-electron chi connectivity index (χ0n) is 15.1. The first kappa shape index (κ1) is 18.8. The highest BCUT2D eigenvalue weighted by molar-refractivity contribution is 5.94. The van der Waals surface area contributed by atoms with Gasteiger partial charge in [-0.2, -0.15) is 0 Å². The van der Waals surface area contributed by atoms with E-state index in [0.717, 1.165) is 18.6 Å². The van der Waals surface area contributed by atoms with Crippen molar-refractivity contribution in [2.24, 2.45) is 11.8 Å². The van der Waals surface area contributed by atoms with Crippen molar-refractivity contribution in [2.45, 2.75) is 26.7 Å². The Hall–Kier alpha value is -2.55. The van der Waals surface area contributed by atoms with Crippen molar-refractivity contribution in [3.8, 4) is 11.5 Å². The Morgan fingerprint density at radius 2 is 1.72 bits per heavy atom. The predicted octanol–water partition coefficient (Wildman–Crippen LogP) is 5.45. The van der Waals surface area contributed by atoms with E-state index in [2.05, 4.69) is 25.7 Å². The van der Waals surface area contributed by atoms with Crippen LogP contribution in [0.3, 0.4) is 0 Å². The van der Waals surface area contributed by atoms with Crippen LogP contribution in [0.1, 0.15) is 37.0 Å². The van der Waals surface area contributed by atoms with Crippen molar-refractivity contribution in [3.05, 3.63) is 72.8 Å². The van der Waals surface area contributed by atoms with E-state index in [0.29, 0.717) is 29.7 Å². The molecule has 1 amide bonds. The third-order valence-electron chi connectivity index (χ3n) is 4.00. The molecule has 0 aliphatic rings. The second-order valence-electron chi connectivity index (χ2n) is 6.61. The molecule has 0 spiro atoms. The van der Waals surface area contributed by atoms with Crippen LogP contribution in [0.4, 0.5) is 0 Å². The number of para-hydroxylation sites is 1. The van der Waals surface area contributed by atoms with Gasteiger partial charge in [-0.3, -0.25) is 4.79 Å². The second kappa shape index (κ2) is 9.67. The summed E-state index contributed by atoms with van der Waals surface area (Å²) in [6.07, 6.45) is 4.01. The molecule has 3 heteroatoms. The second-order valence-corrected chi connectivity index (χ2v) is 6.61. The highest BCUT2D eigenvalue weighted by atomic mass is 16.5. The van der Waals surface area contributed by atoms with Crippen molar-refractivity contribution in [2.75, 3.05) is 6.54 Å². The zero-order valence-corrected chi connectivity index (χ0v) is 15.1. The minimum absolute atomic E-state index is 0.0568. The van der Waals surface area contributed by atoms with Gasteiger partial charge >= 0.3 is 0 Å². The molecule has 0 saturated carbocycles. The fraction of sp³-hybridized carbons (Fsp3) is 0.318. The van der Waals surface area contributed by atoms with Crippen LogP contribution in [-0.4, -0.2) is 12.5 Å². The Morgan fingerprint density at radius 1 is 1.08 bits per heavy atom. The van der Waals surface area contributed by atoms with Crippen LogP contribution in [0.5, 0.6) is 11.5 Å². The largest absolute Gasteiger partial charge is 0.457 e. The number of hydrogen-bond acceptors (Lipinski definition) is 2. The van der Waals surface area contributed by atoms with Crippen LogP contribution in [0, 0.1) is 11.8 Å². The van der Waals surface area contributed by atoms with Gasteiger partial charge in [-0.1, -0.05) is 38.1 Å². The van der Waals surface area contributed by atoms with Crippen LogP contribution < -0.4 is 10.1 Å². The minimum atomic E-state index is -0.0568. The lowest BCUT2D eigenvalue weighted by Crippen LogP contribution is -2.25. The first-order valence-corrected chi connectivity index (χ1v) is 8.82. The van der Waals surface area contributed by atoms with Crippen molar-refractivity contribution in [3.63, 3.8) is 0 Å². The summed E-state index contributed by atoms with van der Waals surface area (Å²) >= 11 is 0. The Morgan fingerprint density at radius 3 is 2.32 bits per heavy atom. The summed E-state index contributed by atoms with van der Waals surface area (Å²) in [7, 11) is 0. The van der Waals surface area contributed by atoms with Gasteiger partial charge in [0, 0.05) is 12.1 Å². The summed E-state index contributed by atoms with van der Waals surface area (Å²) in [5.74, 6) is 2.52. The summed E-state index contributed by atoms with van der Waals surface area (Å²) in [5, 5.41) is 2.98. The summed E-state index contributed by atoms with van der Waals surface area (Å²) in [6, 6.07) is 16.8. The van der Waals surface area contributed by atoms with Crippen molar-refractivity contribution < 1.29 is 9.53 Å². The van der Waals surface area contributed by atoms with E-state index >= 15 is 0 Å². The standard InChI is InChI=1S/C22H27NO2/c1-4-18(16-17(2)3)14-15-23-22(24)19-10-12-21(13-11-19)25-20-8-6-5-7-9-20/h4-13,17-18H,1,14-16H2,2-3H3,(H,23,24). The maximum Gasteiger partial charge on any atom is 0.251 e. The number of carbonyl (C=O) groups is 1. The monoisotopic (exact) mass is 337 g/mol. The van der Waals surface area contributed by atoms with Gasteiger partial charge in [0.1, 0.15) is 11.5 Å². The SMILES string of the molecule is C=CC(CCNC(=O)c1ccc(Oc2ccccc2)cc1)CC(C)C. The fourth-order valence-electron chi connectivity index (χ4n) is 2.71. The number of amides is 1. The van der Waals surface area contributed by atoms with Crippen LogP contribution in [0.2, 0.25) is 0 Å². The smallest absolute Gasteiger partial charge is 0.251 e. The molecule has 0 aliphatic heterocycles. The summed E-state index contributed by atoms with van der Waals surface area (Å²) < 4.78 is 5.73. The van der Waals surface area contributed by atoms with E-state index in [4.69, 9.17) is 4.74 Å². The van der Waals surface area contributed by atoms with E-state index in [1.54, 1.807) is 12.1 Å². The molecule has 0 radical (unpaired) electrons. The van der Waals surface area contributed by atoms with Gasteiger partial charge in [0.25, 0.3) is 5.91 Å². The van der Waals surface area contributed by atoms with E-state index in [-0.39, 0.29) is 5.91 Å². The van der Waals surface area contributed by atoms with E-state index in [9.17, 15) is 4.79 Å². The maximum atomic E-state index is 12.2. The van der Waals surface area contributed by atoms with Crippen molar-refractivity contribution >= 4 is 5.91 Å². The summed E-state index contributed by atoms with van der Waals surface area (Å²) in [5.41, 5.74) is 0.638. The molecule has 0 bridgehead atoms. The molecule has 0 fully saturated rings. The molecule has 2 aromatic carbocycles. The lowest BCUT2D eigenvalue weighted by molar-refractivity contribution is 0.0952. The van der Waals surface area contributed by atoms with Crippen molar-refractivity contribution in [1.82, 2.24) is 5.32 Å². The Balaban J connectivity index is 1.82. The number of ether oxygens (including phenoxy) is 1. The third kappa shape index (κ3) is 6.46. The van der Waals surface area contributed by atoms with E-state index < -0.39 is 0 Å². The van der Waals surface area contributed by atoms with Gasteiger partial charge in [-0.05, 0) is 61.1 Å². The van der Waals surface area contributed by atoms with Crippen LogP contribution in [0.15, 0.2) is 67.3 Å². The Kier molecular flexibility index (Phi) is 7.27. The lowest BCUT2D eigenvalue weighted by Gasteiger charge is -2.15. The molecule has 1 atom stereocenters. The third-order valence-corrected chi connectivity index (χ3v) is 4.00. The number of nitrogens with one attached hydrogen (secondary N) is 1. The van der Waals surface area contributed by atoms with Crippen LogP contribution >= 0.6 is 0 Å². The molecule has 0 heterocycles. The highest BCUT2D eigenvalue weighted by Crippen LogP contribution is 2.21. The first-order chi connectivity index (χ1) is 12.1. The normalized spacial score (nSPS) is 11.8. The number of hydrogen-bond donors (Lipinski definition) is 1. The average molecular weight is 337 g/mol. The first-order valence-electron chi connectivity index (χ1n) is 8.82. The molecule has 3 nitrogen and oxygen atoms in total. The zero-order chi connectivity index (χ0) is 18.1. The topological polar surface area (TPSA) is 38.3 Å². The average Bonchev–Trinajstić information content (AvgIpc) is 2.62.